The van der Waals surface area contributed by atoms with E-state index in [4.69, 9.17) is 4.55 Å². The van der Waals surface area contributed by atoms with Crippen molar-refractivity contribution in [2.75, 3.05) is 0 Å². The second kappa shape index (κ2) is 4.10. The minimum Gasteiger partial charge on any atom is -0.281 e. The lowest BCUT2D eigenvalue weighted by molar-refractivity contribution is 0.0508. The van der Waals surface area contributed by atoms with Crippen molar-refractivity contribution in [1.29, 1.82) is 0 Å². The van der Waals surface area contributed by atoms with Crippen molar-refractivity contribution in [2.45, 2.75) is 19.1 Å². The molecule has 1 aliphatic carbocycles. The quantitative estimate of drug-likeness (QED) is 0.766. The van der Waals surface area contributed by atoms with Gasteiger partial charge in [-0.15, -0.1) is 0 Å². The number of alkyl halides is 2. The van der Waals surface area contributed by atoms with E-state index in [-0.39, 0.29) is 5.57 Å². The van der Waals surface area contributed by atoms with Crippen LogP contribution in [-0.4, -0.2) is 18.2 Å². The zero-order chi connectivity index (χ0) is 12.6. The van der Waals surface area contributed by atoms with Crippen LogP contribution >= 0.6 is 0 Å². The molecule has 0 spiro atoms. The Morgan fingerprint density at radius 1 is 1.31 bits per heavy atom. The first-order valence-corrected chi connectivity index (χ1v) is 5.98. The summed E-state index contributed by atoms with van der Waals surface area (Å²) in [6.45, 7) is 3.09. The average molecular weight is 250 g/mol. The molecule has 0 saturated heterocycles. The van der Waals surface area contributed by atoms with Gasteiger partial charge in [0, 0.05) is 0 Å². The summed E-state index contributed by atoms with van der Waals surface area (Å²) in [4.78, 5) is 0. The number of allylic oxidation sites excluding steroid dienone is 6. The van der Waals surface area contributed by atoms with Gasteiger partial charge in [-0.05, 0) is 13.8 Å². The van der Waals surface area contributed by atoms with Crippen molar-refractivity contribution in [3.63, 3.8) is 0 Å². The third-order valence-corrected chi connectivity index (χ3v) is 3.30. The normalized spacial score (nSPS) is 22.4. The van der Waals surface area contributed by atoms with E-state index in [0.717, 1.165) is 11.6 Å². The van der Waals surface area contributed by atoms with Crippen molar-refractivity contribution in [1.82, 2.24) is 0 Å². The van der Waals surface area contributed by atoms with E-state index in [1.54, 1.807) is 13.0 Å². The highest BCUT2D eigenvalue weighted by atomic mass is 32.2. The lowest BCUT2D eigenvalue weighted by atomic mass is 10.0. The molecule has 0 amide bonds. The molecule has 0 heterocycles. The number of hydrogen-bond donors (Lipinski definition) is 1. The fraction of sp³-hybridized carbons (Fsp3) is 0.400. The Balaban J connectivity index is 3.22. The molecule has 0 aromatic rings. The Morgan fingerprint density at radius 3 is 2.38 bits per heavy atom. The fourth-order valence-corrected chi connectivity index (χ4v) is 1.94. The van der Waals surface area contributed by atoms with E-state index in [9.17, 15) is 17.2 Å². The molecular weight excluding hydrogens is 238 g/mol. The summed E-state index contributed by atoms with van der Waals surface area (Å²) in [6, 6.07) is 0. The fourth-order valence-electron chi connectivity index (χ4n) is 1.36. The van der Waals surface area contributed by atoms with Crippen molar-refractivity contribution >= 4 is 10.1 Å². The molecule has 6 heteroatoms. The zero-order valence-corrected chi connectivity index (χ0v) is 9.63. The molecule has 0 aliphatic heterocycles. The van der Waals surface area contributed by atoms with Crippen LogP contribution in [0.3, 0.4) is 0 Å². The summed E-state index contributed by atoms with van der Waals surface area (Å²) in [5.41, 5.74) is 0.906. The third-order valence-electron chi connectivity index (χ3n) is 2.36. The average Bonchev–Trinajstić information content (AvgIpc) is 2.27. The summed E-state index contributed by atoms with van der Waals surface area (Å²) in [5, 5.41) is -4.21. The van der Waals surface area contributed by atoms with Gasteiger partial charge in [-0.1, -0.05) is 35.5 Å². The molecule has 0 aromatic heterocycles. The molecule has 1 N–H and O–H groups in total. The van der Waals surface area contributed by atoms with Gasteiger partial charge in [0.25, 0.3) is 0 Å². The summed E-state index contributed by atoms with van der Waals surface area (Å²) in [7, 11) is -5.42. The molecule has 1 aliphatic rings. The van der Waals surface area contributed by atoms with Crippen LogP contribution in [0.4, 0.5) is 8.78 Å². The molecular formula is C10H12F2O3S. The lowest BCUT2D eigenvalue weighted by Crippen LogP contribution is -2.36. The number of halogens is 2. The van der Waals surface area contributed by atoms with E-state index < -0.39 is 21.3 Å². The molecule has 16 heavy (non-hydrogen) atoms. The van der Waals surface area contributed by atoms with Gasteiger partial charge in [-0.25, -0.2) is 0 Å². The molecule has 0 fully saturated rings. The minimum absolute atomic E-state index is 0.177. The maximum Gasteiger partial charge on any atom is 0.379 e. The van der Waals surface area contributed by atoms with Gasteiger partial charge in [0.15, 0.2) is 0 Å². The molecule has 0 radical (unpaired) electrons. The van der Waals surface area contributed by atoms with Crippen LogP contribution in [0, 0.1) is 5.92 Å². The van der Waals surface area contributed by atoms with E-state index >= 15 is 0 Å². The van der Waals surface area contributed by atoms with Gasteiger partial charge < -0.3 is 0 Å². The van der Waals surface area contributed by atoms with Crippen molar-refractivity contribution in [2.24, 2.45) is 5.92 Å². The number of hydrogen-bond acceptors (Lipinski definition) is 2. The van der Waals surface area contributed by atoms with Gasteiger partial charge in [-0.3, -0.25) is 4.55 Å². The molecule has 1 rings (SSSR count). The van der Waals surface area contributed by atoms with Crippen LogP contribution in [0.1, 0.15) is 13.8 Å². The smallest absolute Gasteiger partial charge is 0.281 e. The summed E-state index contributed by atoms with van der Waals surface area (Å²) in [6.07, 6.45) is 5.50. The molecule has 1 atom stereocenters. The van der Waals surface area contributed by atoms with Crippen LogP contribution in [0.25, 0.3) is 0 Å². The molecule has 90 valence electrons. The monoisotopic (exact) mass is 250 g/mol. The minimum atomic E-state index is -5.42. The van der Waals surface area contributed by atoms with Gasteiger partial charge in [0.1, 0.15) is 0 Å². The van der Waals surface area contributed by atoms with E-state index in [1.807, 2.05) is 0 Å². The van der Waals surface area contributed by atoms with Crippen LogP contribution in [0.15, 0.2) is 35.5 Å². The summed E-state index contributed by atoms with van der Waals surface area (Å²) in [5.74, 6) is -1.64. The highest BCUT2D eigenvalue weighted by Gasteiger charge is 2.51. The first-order chi connectivity index (χ1) is 7.16. The van der Waals surface area contributed by atoms with Gasteiger partial charge in [0.2, 0.25) is 0 Å². The summed E-state index contributed by atoms with van der Waals surface area (Å²) >= 11 is 0. The maximum absolute atomic E-state index is 13.4. The Kier molecular flexibility index (Phi) is 3.35. The second-order valence-corrected chi connectivity index (χ2v) is 5.19. The lowest BCUT2D eigenvalue weighted by Gasteiger charge is -2.21. The zero-order valence-electron chi connectivity index (χ0n) is 8.81. The Labute approximate surface area is 92.9 Å². The first kappa shape index (κ1) is 13.1. The second-order valence-electron chi connectivity index (χ2n) is 3.70. The summed E-state index contributed by atoms with van der Waals surface area (Å²) < 4.78 is 56.6. The van der Waals surface area contributed by atoms with Gasteiger partial charge in [0.05, 0.1) is 5.92 Å². The molecule has 0 bridgehead atoms. The van der Waals surface area contributed by atoms with E-state index in [2.05, 4.69) is 0 Å². The highest BCUT2D eigenvalue weighted by Crippen LogP contribution is 2.37. The first-order valence-electron chi connectivity index (χ1n) is 4.54. The van der Waals surface area contributed by atoms with Crippen LogP contribution in [0.2, 0.25) is 0 Å². The largest absolute Gasteiger partial charge is 0.379 e. The molecule has 3 nitrogen and oxygen atoms in total. The van der Waals surface area contributed by atoms with Crippen LogP contribution in [0.5, 0.6) is 0 Å². The topological polar surface area (TPSA) is 54.4 Å². The Bertz CT molecular complexity index is 472. The van der Waals surface area contributed by atoms with E-state index in [0.29, 0.717) is 0 Å². The van der Waals surface area contributed by atoms with Crippen LogP contribution in [-0.2, 0) is 10.1 Å². The van der Waals surface area contributed by atoms with Gasteiger partial charge in [-0.2, -0.15) is 17.2 Å². The standard InChI is InChI=1S/C10H12F2O3S/c1-7-3-5-8(2)9(6-4-7)10(11,12)16(13,14)15/h3-6,9H,1-2H3,(H,13,14,15). The van der Waals surface area contributed by atoms with E-state index in [1.165, 1.54) is 19.1 Å². The predicted molar refractivity (Wildman–Crippen MR) is 56.6 cm³/mol. The SMILES string of the molecule is CC1=CC=C(C)C(C(F)(F)S(=O)(=O)O)C=C1. The van der Waals surface area contributed by atoms with Crippen molar-refractivity contribution in [3.05, 3.63) is 35.5 Å². The molecule has 0 saturated carbocycles. The Hall–Kier alpha value is -1.01. The predicted octanol–water partition coefficient (Wildman–Crippen LogP) is 2.55. The van der Waals surface area contributed by atoms with Crippen molar-refractivity contribution in [3.8, 4) is 0 Å². The van der Waals surface area contributed by atoms with Crippen molar-refractivity contribution < 1.29 is 21.8 Å². The third kappa shape index (κ3) is 2.38. The maximum atomic E-state index is 13.4. The van der Waals surface area contributed by atoms with Crippen LogP contribution < -0.4 is 0 Å². The highest BCUT2D eigenvalue weighted by molar-refractivity contribution is 7.86. The molecule has 0 aromatic carbocycles. The Morgan fingerprint density at radius 2 is 1.88 bits per heavy atom. The number of rotatable bonds is 2. The molecule has 1 unspecified atom stereocenters. The van der Waals surface area contributed by atoms with Gasteiger partial charge >= 0.3 is 15.4 Å².